The molecule has 0 spiro atoms. The molecule has 1 aliphatic heterocycles. The standard InChI is InChI=1S/C21H30N4S2/c1-18-6-8-19(9-7-18)22-21(26)25(17-20-5-3-16-27-20)11-4-10-24-14-12-23(2)13-15-24/h3,5-9,16H,4,10-15,17H2,1-2H3,(H,22,26)/p+2. The van der Waals surface area contributed by atoms with Gasteiger partial charge in [-0.1, -0.05) is 23.8 Å². The van der Waals surface area contributed by atoms with Crippen molar-refractivity contribution in [2.45, 2.75) is 19.9 Å². The summed E-state index contributed by atoms with van der Waals surface area (Å²) in [6.45, 7) is 10.4. The van der Waals surface area contributed by atoms with Gasteiger partial charge in [0.2, 0.25) is 0 Å². The molecule has 1 aliphatic rings. The van der Waals surface area contributed by atoms with E-state index < -0.39 is 0 Å². The Hall–Kier alpha value is -1.47. The van der Waals surface area contributed by atoms with Crippen molar-refractivity contribution in [3.63, 3.8) is 0 Å². The summed E-state index contributed by atoms with van der Waals surface area (Å²) in [7, 11) is 2.30. The Morgan fingerprint density at radius 1 is 1.15 bits per heavy atom. The molecule has 0 unspecified atom stereocenters. The van der Waals surface area contributed by atoms with Gasteiger partial charge in [0, 0.05) is 23.5 Å². The number of hydrogen-bond acceptors (Lipinski definition) is 2. The Labute approximate surface area is 172 Å². The van der Waals surface area contributed by atoms with Crippen LogP contribution in [0.2, 0.25) is 0 Å². The highest BCUT2D eigenvalue weighted by Gasteiger charge is 2.20. The summed E-state index contributed by atoms with van der Waals surface area (Å²) >= 11 is 7.56. The van der Waals surface area contributed by atoms with Crippen LogP contribution < -0.4 is 15.1 Å². The Balaban J connectivity index is 1.54. The maximum absolute atomic E-state index is 5.76. The van der Waals surface area contributed by atoms with Crippen molar-refractivity contribution in [3.05, 3.63) is 52.2 Å². The smallest absolute Gasteiger partial charge is 0.173 e. The SMILES string of the molecule is Cc1ccc(NC(=S)N(CCC[NH+]2CC[NH+](C)CC2)Cc2cccs2)cc1. The van der Waals surface area contributed by atoms with E-state index in [0.717, 1.165) is 23.9 Å². The lowest BCUT2D eigenvalue weighted by Gasteiger charge is -2.29. The van der Waals surface area contributed by atoms with Crippen LogP contribution in [0.4, 0.5) is 5.69 Å². The Morgan fingerprint density at radius 2 is 1.89 bits per heavy atom. The number of nitrogens with one attached hydrogen (secondary N) is 3. The molecule has 0 amide bonds. The van der Waals surface area contributed by atoms with Gasteiger partial charge in [0.25, 0.3) is 0 Å². The third kappa shape index (κ3) is 6.57. The summed E-state index contributed by atoms with van der Waals surface area (Å²) in [4.78, 5) is 7.09. The summed E-state index contributed by atoms with van der Waals surface area (Å²) in [6.07, 6.45) is 1.18. The lowest BCUT2D eigenvalue weighted by atomic mass is 10.2. The molecule has 2 aromatic rings. The minimum Gasteiger partial charge on any atom is -0.344 e. The fourth-order valence-corrected chi connectivity index (χ4v) is 4.48. The van der Waals surface area contributed by atoms with Crippen molar-refractivity contribution < 1.29 is 9.80 Å². The van der Waals surface area contributed by atoms with Crippen LogP contribution >= 0.6 is 23.6 Å². The zero-order valence-electron chi connectivity index (χ0n) is 16.5. The van der Waals surface area contributed by atoms with Gasteiger partial charge in [-0.2, -0.15) is 0 Å². The molecule has 0 atom stereocenters. The van der Waals surface area contributed by atoms with Gasteiger partial charge in [0.15, 0.2) is 5.11 Å². The molecule has 146 valence electrons. The van der Waals surface area contributed by atoms with Crippen LogP contribution in [0.5, 0.6) is 0 Å². The highest BCUT2D eigenvalue weighted by atomic mass is 32.1. The van der Waals surface area contributed by atoms with E-state index in [1.54, 1.807) is 21.1 Å². The zero-order valence-corrected chi connectivity index (χ0v) is 18.1. The molecule has 1 aromatic heterocycles. The van der Waals surface area contributed by atoms with Gasteiger partial charge < -0.3 is 20.0 Å². The highest BCUT2D eigenvalue weighted by Crippen LogP contribution is 2.15. The molecule has 1 aromatic carbocycles. The number of rotatable bonds is 7. The molecule has 0 saturated carbocycles. The minimum atomic E-state index is 0.824. The van der Waals surface area contributed by atoms with Crippen LogP contribution in [-0.2, 0) is 6.54 Å². The lowest BCUT2D eigenvalue weighted by molar-refractivity contribution is -1.00. The summed E-state index contributed by atoms with van der Waals surface area (Å²) < 4.78 is 0. The van der Waals surface area contributed by atoms with Gasteiger partial charge in [-0.15, -0.1) is 11.3 Å². The van der Waals surface area contributed by atoms with Gasteiger partial charge in [-0.3, -0.25) is 0 Å². The first kappa shape index (κ1) is 20.3. The number of piperazine rings is 1. The van der Waals surface area contributed by atoms with E-state index in [4.69, 9.17) is 12.2 Å². The van der Waals surface area contributed by atoms with Gasteiger partial charge in [-0.25, -0.2) is 0 Å². The average Bonchev–Trinajstić information content (AvgIpc) is 3.17. The van der Waals surface area contributed by atoms with Crippen LogP contribution in [0.3, 0.4) is 0 Å². The van der Waals surface area contributed by atoms with Gasteiger partial charge in [0.1, 0.15) is 26.2 Å². The molecule has 1 fully saturated rings. The summed E-state index contributed by atoms with van der Waals surface area (Å²) in [5.74, 6) is 0. The molecule has 3 rings (SSSR count). The highest BCUT2D eigenvalue weighted by molar-refractivity contribution is 7.80. The zero-order chi connectivity index (χ0) is 19.1. The van der Waals surface area contributed by atoms with E-state index >= 15 is 0 Å². The quantitative estimate of drug-likeness (QED) is 0.602. The normalized spacial score (nSPS) is 19.6. The summed E-state index contributed by atoms with van der Waals surface area (Å²) in [5, 5.41) is 6.39. The number of likely N-dealkylation sites (N-methyl/N-ethyl adjacent to an activating group) is 1. The first-order chi connectivity index (χ1) is 13.1. The third-order valence-corrected chi connectivity index (χ3v) is 6.51. The molecular formula is C21H32N4S2+2. The van der Waals surface area contributed by atoms with Crippen molar-refractivity contribution in [2.24, 2.45) is 0 Å². The fourth-order valence-electron chi connectivity index (χ4n) is 3.48. The van der Waals surface area contributed by atoms with Crippen LogP contribution in [0.15, 0.2) is 41.8 Å². The molecule has 2 heterocycles. The summed E-state index contributed by atoms with van der Waals surface area (Å²) in [5.41, 5.74) is 2.33. The van der Waals surface area contributed by atoms with Gasteiger partial charge >= 0.3 is 0 Å². The maximum Gasteiger partial charge on any atom is 0.173 e. The Bertz CT molecular complexity index is 691. The molecule has 3 N–H and O–H groups in total. The largest absolute Gasteiger partial charge is 0.344 e. The minimum absolute atomic E-state index is 0.824. The Kier molecular flexibility index (Phi) is 7.64. The van der Waals surface area contributed by atoms with E-state index in [0.29, 0.717) is 0 Å². The number of thiophene rings is 1. The molecule has 4 nitrogen and oxygen atoms in total. The maximum atomic E-state index is 5.76. The monoisotopic (exact) mass is 404 g/mol. The van der Waals surface area contributed by atoms with Gasteiger partial charge in [-0.05, 0) is 42.7 Å². The van der Waals surface area contributed by atoms with Crippen LogP contribution in [0.1, 0.15) is 16.9 Å². The van der Waals surface area contributed by atoms with Crippen molar-refractivity contribution >= 4 is 34.4 Å². The number of anilines is 1. The topological polar surface area (TPSA) is 24.2 Å². The molecule has 27 heavy (non-hydrogen) atoms. The molecule has 6 heteroatoms. The van der Waals surface area contributed by atoms with Gasteiger partial charge in [0.05, 0.1) is 20.1 Å². The first-order valence-corrected chi connectivity index (χ1v) is 11.2. The predicted molar refractivity (Wildman–Crippen MR) is 119 cm³/mol. The number of aryl methyl sites for hydroxylation is 1. The van der Waals surface area contributed by atoms with E-state index in [1.807, 2.05) is 0 Å². The van der Waals surface area contributed by atoms with Crippen LogP contribution in [0, 0.1) is 6.92 Å². The lowest BCUT2D eigenvalue weighted by Crippen LogP contribution is -3.27. The molecule has 0 radical (unpaired) electrons. The summed E-state index contributed by atoms with van der Waals surface area (Å²) in [6, 6.07) is 12.7. The number of quaternary nitrogens is 2. The second-order valence-electron chi connectivity index (χ2n) is 7.61. The number of benzene rings is 1. The van der Waals surface area contributed by atoms with Crippen molar-refractivity contribution in [3.8, 4) is 0 Å². The third-order valence-electron chi connectivity index (χ3n) is 5.29. The first-order valence-electron chi connectivity index (χ1n) is 9.90. The van der Waals surface area contributed by atoms with Crippen molar-refractivity contribution in [1.82, 2.24) is 4.90 Å². The molecule has 0 aliphatic carbocycles. The van der Waals surface area contributed by atoms with Crippen LogP contribution in [0.25, 0.3) is 0 Å². The average molecular weight is 405 g/mol. The fraction of sp³-hybridized carbons (Fsp3) is 0.476. The van der Waals surface area contributed by atoms with E-state index in [-0.39, 0.29) is 0 Å². The number of thiocarbonyl (C=S) groups is 1. The molecule has 1 saturated heterocycles. The second-order valence-corrected chi connectivity index (χ2v) is 9.03. The van der Waals surface area contributed by atoms with E-state index in [2.05, 4.69) is 66.0 Å². The number of nitrogens with zero attached hydrogens (tertiary/aromatic N) is 1. The van der Waals surface area contributed by atoms with E-state index in [1.165, 1.54) is 49.6 Å². The number of hydrogen-bond donors (Lipinski definition) is 3. The Morgan fingerprint density at radius 3 is 2.56 bits per heavy atom. The van der Waals surface area contributed by atoms with E-state index in [9.17, 15) is 0 Å². The van der Waals surface area contributed by atoms with Crippen LogP contribution in [-0.4, -0.2) is 56.3 Å². The molecular weight excluding hydrogens is 372 g/mol. The van der Waals surface area contributed by atoms with Crippen molar-refractivity contribution in [1.29, 1.82) is 0 Å². The second kappa shape index (κ2) is 10.2. The molecule has 0 bridgehead atoms. The van der Waals surface area contributed by atoms with Crippen molar-refractivity contribution in [2.75, 3.05) is 51.6 Å². The predicted octanol–water partition coefficient (Wildman–Crippen LogP) is 1.06.